The molecule has 0 fully saturated rings. The van der Waals surface area contributed by atoms with Crippen molar-refractivity contribution in [3.8, 4) is 0 Å². The molecule has 0 spiro atoms. The van der Waals surface area contributed by atoms with Crippen LogP contribution in [0.2, 0.25) is 0 Å². The Bertz CT molecular complexity index is 352. The molecule has 1 heterocycles. The van der Waals surface area contributed by atoms with Crippen LogP contribution in [0.5, 0.6) is 0 Å². The molecule has 0 saturated heterocycles. The van der Waals surface area contributed by atoms with Crippen LogP contribution in [0.15, 0.2) is 10.9 Å². The highest BCUT2D eigenvalue weighted by Crippen LogP contribution is 2.03. The number of nitrogens with zero attached hydrogens (tertiary/aromatic N) is 1. The Morgan fingerprint density at radius 1 is 1.50 bits per heavy atom. The highest BCUT2D eigenvalue weighted by molar-refractivity contribution is 5.23. The maximum absolute atomic E-state index is 11.4. The number of rotatable bonds is 1. The minimum Gasteiger partial charge on any atom is -0.352 e. The summed E-state index contributed by atoms with van der Waals surface area (Å²) in [6.45, 7) is 4.14. The van der Waals surface area contributed by atoms with Gasteiger partial charge < -0.3 is 10.3 Å². The van der Waals surface area contributed by atoms with E-state index in [1.165, 1.54) is 0 Å². The van der Waals surface area contributed by atoms with Gasteiger partial charge in [0.2, 0.25) is 0 Å². The molecule has 66 valence electrons. The Labute approximate surface area is 71.8 Å². The summed E-state index contributed by atoms with van der Waals surface area (Å²) < 4.78 is 1.98. The number of aromatic nitrogens is 1. The van der Waals surface area contributed by atoms with Crippen LogP contribution in [-0.4, -0.2) is 4.57 Å². The Kier molecular flexibility index (Phi) is 2.33. The molecule has 0 saturated carbocycles. The highest BCUT2D eigenvalue weighted by Gasteiger charge is 2.04. The molecule has 0 aliphatic carbocycles. The molecule has 0 aromatic carbocycles. The van der Waals surface area contributed by atoms with Crippen LogP contribution >= 0.6 is 0 Å². The van der Waals surface area contributed by atoms with Crippen LogP contribution < -0.4 is 11.2 Å². The summed E-state index contributed by atoms with van der Waals surface area (Å²) in [6, 6.07) is 1.62. The van der Waals surface area contributed by atoms with E-state index in [9.17, 15) is 4.79 Å². The van der Waals surface area contributed by atoms with Gasteiger partial charge in [-0.25, -0.2) is 0 Å². The van der Waals surface area contributed by atoms with Crippen molar-refractivity contribution in [2.75, 3.05) is 0 Å². The van der Waals surface area contributed by atoms with Crippen molar-refractivity contribution < 1.29 is 0 Å². The fourth-order valence-corrected chi connectivity index (χ4v) is 1.27. The second-order valence-electron chi connectivity index (χ2n) is 2.98. The maximum Gasteiger partial charge on any atom is 0.186 e. The predicted octanol–water partition coefficient (Wildman–Crippen LogP) is 0.461. The van der Waals surface area contributed by atoms with Crippen LogP contribution in [0.3, 0.4) is 0 Å². The van der Waals surface area contributed by atoms with Gasteiger partial charge in [0.25, 0.3) is 0 Å². The predicted molar refractivity (Wildman–Crippen MR) is 49.0 cm³/mol. The van der Waals surface area contributed by atoms with Gasteiger partial charge in [-0.1, -0.05) is 0 Å². The second kappa shape index (κ2) is 3.11. The van der Waals surface area contributed by atoms with Crippen molar-refractivity contribution in [1.82, 2.24) is 4.57 Å². The van der Waals surface area contributed by atoms with Crippen molar-refractivity contribution in [3.05, 3.63) is 33.2 Å². The number of nitrogens with two attached hydrogens (primary N) is 1. The first-order valence-corrected chi connectivity index (χ1v) is 3.94. The Balaban J connectivity index is 3.52. The summed E-state index contributed by atoms with van der Waals surface area (Å²) in [5.74, 6) is 0. The number of hydrogen-bond donors (Lipinski definition) is 1. The lowest BCUT2D eigenvalue weighted by Gasteiger charge is -2.11. The first-order valence-electron chi connectivity index (χ1n) is 3.94. The molecular formula is C9H14N2O. The van der Waals surface area contributed by atoms with Crippen LogP contribution in [-0.2, 0) is 13.6 Å². The van der Waals surface area contributed by atoms with Crippen molar-refractivity contribution >= 4 is 0 Å². The third-order valence-electron chi connectivity index (χ3n) is 2.31. The maximum atomic E-state index is 11.4. The van der Waals surface area contributed by atoms with E-state index in [0.717, 1.165) is 11.4 Å². The van der Waals surface area contributed by atoms with Crippen LogP contribution in [0, 0.1) is 13.8 Å². The van der Waals surface area contributed by atoms with Crippen molar-refractivity contribution in [2.45, 2.75) is 20.4 Å². The average molecular weight is 166 g/mol. The summed E-state index contributed by atoms with van der Waals surface area (Å²) in [5, 5.41) is 0. The molecule has 1 aromatic rings. The molecule has 0 unspecified atom stereocenters. The van der Waals surface area contributed by atoms with Crippen molar-refractivity contribution in [3.63, 3.8) is 0 Å². The smallest absolute Gasteiger partial charge is 0.186 e. The molecule has 0 atom stereocenters. The molecule has 12 heavy (non-hydrogen) atoms. The normalized spacial score (nSPS) is 10.3. The fraction of sp³-hybridized carbons (Fsp3) is 0.444. The van der Waals surface area contributed by atoms with Crippen LogP contribution in [0.1, 0.15) is 17.0 Å². The van der Waals surface area contributed by atoms with E-state index in [2.05, 4.69) is 0 Å². The number of hydrogen-bond acceptors (Lipinski definition) is 2. The van der Waals surface area contributed by atoms with E-state index in [4.69, 9.17) is 5.73 Å². The number of pyridine rings is 1. The zero-order valence-corrected chi connectivity index (χ0v) is 7.72. The van der Waals surface area contributed by atoms with Gasteiger partial charge in [-0.3, -0.25) is 4.79 Å². The first kappa shape index (κ1) is 9.00. The highest BCUT2D eigenvalue weighted by atomic mass is 16.1. The minimum atomic E-state index is 0.0469. The molecule has 0 amide bonds. The molecule has 2 N–H and O–H groups in total. The lowest BCUT2D eigenvalue weighted by Crippen LogP contribution is -2.19. The molecule has 0 bridgehead atoms. The molecule has 1 aromatic heterocycles. The molecular weight excluding hydrogens is 152 g/mol. The lowest BCUT2D eigenvalue weighted by atomic mass is 10.1. The van der Waals surface area contributed by atoms with E-state index in [-0.39, 0.29) is 5.43 Å². The van der Waals surface area contributed by atoms with Gasteiger partial charge in [0.1, 0.15) is 0 Å². The third kappa shape index (κ3) is 1.28. The quantitative estimate of drug-likeness (QED) is 0.659. The van der Waals surface area contributed by atoms with Gasteiger partial charge in [0.05, 0.1) is 0 Å². The first-order chi connectivity index (χ1) is 5.57. The summed E-state index contributed by atoms with van der Waals surface area (Å²) in [5.41, 5.74) is 8.14. The van der Waals surface area contributed by atoms with Gasteiger partial charge >= 0.3 is 0 Å². The molecule has 3 nitrogen and oxygen atoms in total. The van der Waals surface area contributed by atoms with Crippen LogP contribution in [0.25, 0.3) is 0 Å². The summed E-state index contributed by atoms with van der Waals surface area (Å²) in [7, 11) is 1.93. The minimum absolute atomic E-state index is 0.0469. The summed E-state index contributed by atoms with van der Waals surface area (Å²) >= 11 is 0. The largest absolute Gasteiger partial charge is 0.352 e. The Hall–Kier alpha value is -1.09. The van der Waals surface area contributed by atoms with Gasteiger partial charge in [-0.05, 0) is 13.8 Å². The SMILES string of the molecule is Cc1cc(=O)c(CN)c(C)n1C. The molecule has 0 aliphatic heterocycles. The fourth-order valence-electron chi connectivity index (χ4n) is 1.27. The standard InChI is InChI=1S/C9H14N2O/c1-6-4-9(12)8(5-10)7(2)11(6)3/h4H,5,10H2,1-3H3. The Morgan fingerprint density at radius 3 is 2.58 bits per heavy atom. The van der Waals surface area contributed by atoms with Gasteiger partial charge in [-0.2, -0.15) is 0 Å². The van der Waals surface area contributed by atoms with E-state index >= 15 is 0 Å². The topological polar surface area (TPSA) is 48.0 Å². The van der Waals surface area contributed by atoms with E-state index in [0.29, 0.717) is 12.1 Å². The van der Waals surface area contributed by atoms with Gasteiger partial charge in [0.15, 0.2) is 5.43 Å². The summed E-state index contributed by atoms with van der Waals surface area (Å²) in [4.78, 5) is 11.4. The van der Waals surface area contributed by atoms with Crippen molar-refractivity contribution in [2.24, 2.45) is 12.8 Å². The zero-order chi connectivity index (χ0) is 9.30. The van der Waals surface area contributed by atoms with E-state index in [1.54, 1.807) is 6.07 Å². The number of aryl methyl sites for hydroxylation is 1. The van der Waals surface area contributed by atoms with E-state index < -0.39 is 0 Å². The van der Waals surface area contributed by atoms with Crippen LogP contribution in [0.4, 0.5) is 0 Å². The molecule has 0 aliphatic rings. The monoisotopic (exact) mass is 166 g/mol. The molecule has 1 rings (SSSR count). The lowest BCUT2D eigenvalue weighted by molar-refractivity contribution is 0.787. The van der Waals surface area contributed by atoms with Crippen molar-refractivity contribution in [1.29, 1.82) is 0 Å². The van der Waals surface area contributed by atoms with Gasteiger partial charge in [-0.15, -0.1) is 0 Å². The van der Waals surface area contributed by atoms with Gasteiger partial charge in [0, 0.05) is 36.6 Å². The molecule has 3 heteroatoms. The zero-order valence-electron chi connectivity index (χ0n) is 7.72. The second-order valence-corrected chi connectivity index (χ2v) is 2.98. The Morgan fingerprint density at radius 2 is 2.08 bits per heavy atom. The molecule has 0 radical (unpaired) electrons. The summed E-state index contributed by atoms with van der Waals surface area (Å²) in [6.07, 6.45) is 0. The third-order valence-corrected chi connectivity index (χ3v) is 2.31. The average Bonchev–Trinajstić information content (AvgIpc) is 2.01. The van der Waals surface area contributed by atoms with E-state index in [1.807, 2.05) is 25.5 Å².